The first-order valence-electron chi connectivity index (χ1n) is 8.87. The second-order valence-electron chi connectivity index (χ2n) is 6.51. The first-order valence-corrected chi connectivity index (χ1v) is 8.87. The van der Waals surface area contributed by atoms with Crippen LogP contribution in [0.3, 0.4) is 0 Å². The Morgan fingerprint density at radius 2 is 1.80 bits per heavy atom. The van der Waals surface area contributed by atoms with Crippen molar-refractivity contribution in [1.82, 2.24) is 20.6 Å². The molecule has 3 N–H and O–H groups in total. The average molecular weight is 340 g/mol. The highest BCUT2D eigenvalue weighted by atomic mass is 16.2. The maximum atomic E-state index is 12.4. The largest absolute Gasteiger partial charge is 0.350 e. The number of H-pyrrole nitrogens is 1. The van der Waals surface area contributed by atoms with E-state index in [1.165, 1.54) is 25.6 Å². The summed E-state index contributed by atoms with van der Waals surface area (Å²) in [5.74, 6) is -0.0900. The van der Waals surface area contributed by atoms with Crippen LogP contribution in [0, 0.1) is 5.92 Å². The van der Waals surface area contributed by atoms with E-state index in [0.717, 1.165) is 18.4 Å². The fourth-order valence-corrected chi connectivity index (χ4v) is 3.22. The number of nitrogens with zero attached hydrogens (tertiary/aromatic N) is 1. The molecular formula is C19H24N4O2. The molecule has 6 heteroatoms. The molecule has 0 saturated heterocycles. The molecule has 1 fully saturated rings. The minimum Gasteiger partial charge on any atom is -0.350 e. The Morgan fingerprint density at radius 3 is 2.56 bits per heavy atom. The van der Waals surface area contributed by atoms with Gasteiger partial charge in [0.2, 0.25) is 0 Å². The number of amides is 2. The van der Waals surface area contributed by atoms with Gasteiger partial charge in [0.25, 0.3) is 11.8 Å². The van der Waals surface area contributed by atoms with Gasteiger partial charge in [-0.05, 0) is 24.3 Å². The van der Waals surface area contributed by atoms with Gasteiger partial charge in [-0.1, -0.05) is 49.6 Å². The van der Waals surface area contributed by atoms with E-state index < -0.39 is 0 Å². The van der Waals surface area contributed by atoms with Crippen LogP contribution in [0.2, 0.25) is 0 Å². The van der Waals surface area contributed by atoms with Crippen molar-refractivity contribution in [3.8, 4) is 0 Å². The molecule has 3 rings (SSSR count). The highest BCUT2D eigenvalue weighted by Crippen LogP contribution is 2.22. The zero-order valence-corrected chi connectivity index (χ0v) is 14.3. The summed E-state index contributed by atoms with van der Waals surface area (Å²) in [6.07, 6.45) is 7.45. The van der Waals surface area contributed by atoms with Crippen molar-refractivity contribution in [1.29, 1.82) is 0 Å². The fourth-order valence-electron chi connectivity index (χ4n) is 3.22. The smallest absolute Gasteiger partial charge is 0.272 e. The number of hydrogen-bond donors (Lipinski definition) is 3. The molecule has 25 heavy (non-hydrogen) atoms. The number of nitrogens with one attached hydrogen (secondary N) is 3. The van der Waals surface area contributed by atoms with Gasteiger partial charge in [-0.2, -0.15) is 0 Å². The summed E-state index contributed by atoms with van der Waals surface area (Å²) >= 11 is 0. The third-order valence-corrected chi connectivity index (χ3v) is 4.65. The van der Waals surface area contributed by atoms with E-state index >= 15 is 0 Å². The van der Waals surface area contributed by atoms with Crippen LogP contribution in [0.5, 0.6) is 0 Å². The van der Waals surface area contributed by atoms with Crippen LogP contribution in [-0.2, 0) is 6.54 Å². The Kier molecular flexibility index (Phi) is 5.82. The van der Waals surface area contributed by atoms with Crippen LogP contribution in [-0.4, -0.2) is 28.3 Å². The fraction of sp³-hybridized carbons (Fsp3) is 0.421. The third kappa shape index (κ3) is 4.68. The Morgan fingerprint density at radius 1 is 1.04 bits per heavy atom. The van der Waals surface area contributed by atoms with E-state index in [4.69, 9.17) is 0 Å². The molecule has 1 aromatic carbocycles. The molecule has 0 bridgehead atoms. The van der Waals surface area contributed by atoms with E-state index in [2.05, 4.69) is 20.6 Å². The van der Waals surface area contributed by atoms with E-state index in [0.29, 0.717) is 19.0 Å². The summed E-state index contributed by atoms with van der Waals surface area (Å²) in [5, 5.41) is 5.73. The number of hydrogen-bond acceptors (Lipinski definition) is 3. The van der Waals surface area contributed by atoms with Gasteiger partial charge in [-0.25, -0.2) is 4.98 Å². The molecule has 0 spiro atoms. The second kappa shape index (κ2) is 8.46. The maximum absolute atomic E-state index is 12.4. The zero-order valence-electron chi connectivity index (χ0n) is 14.3. The molecule has 0 atom stereocenters. The van der Waals surface area contributed by atoms with Gasteiger partial charge in [0.1, 0.15) is 5.69 Å². The molecule has 1 saturated carbocycles. The molecule has 132 valence electrons. The third-order valence-electron chi connectivity index (χ3n) is 4.65. The van der Waals surface area contributed by atoms with Crippen molar-refractivity contribution >= 4 is 11.8 Å². The highest BCUT2D eigenvalue weighted by Gasteiger charge is 2.21. The van der Waals surface area contributed by atoms with Gasteiger partial charge in [-0.3, -0.25) is 9.59 Å². The number of carbonyl (C=O) groups excluding carboxylic acids is 2. The average Bonchev–Trinajstić information content (AvgIpc) is 3.16. The lowest BCUT2D eigenvalue weighted by atomic mass is 9.89. The van der Waals surface area contributed by atoms with Crippen LogP contribution < -0.4 is 10.6 Å². The van der Waals surface area contributed by atoms with Crippen molar-refractivity contribution in [2.45, 2.75) is 38.6 Å². The van der Waals surface area contributed by atoms with E-state index in [-0.39, 0.29) is 23.2 Å². The van der Waals surface area contributed by atoms with E-state index in [1.807, 2.05) is 30.3 Å². The van der Waals surface area contributed by atoms with Gasteiger partial charge in [0.05, 0.1) is 6.33 Å². The Hall–Kier alpha value is -2.63. The van der Waals surface area contributed by atoms with Gasteiger partial charge in [0.15, 0.2) is 5.69 Å². The Balaban J connectivity index is 1.55. The first-order chi connectivity index (χ1) is 12.2. The van der Waals surface area contributed by atoms with Crippen LogP contribution in [0.4, 0.5) is 0 Å². The monoisotopic (exact) mass is 340 g/mol. The molecule has 0 radical (unpaired) electrons. The summed E-state index contributed by atoms with van der Waals surface area (Å²) in [6.45, 7) is 1.05. The molecule has 0 unspecified atom stereocenters. The number of benzene rings is 1. The van der Waals surface area contributed by atoms with Crippen molar-refractivity contribution < 1.29 is 9.59 Å². The van der Waals surface area contributed by atoms with Crippen molar-refractivity contribution in [2.75, 3.05) is 6.54 Å². The summed E-state index contributed by atoms with van der Waals surface area (Å²) < 4.78 is 0. The summed E-state index contributed by atoms with van der Waals surface area (Å²) in [5.41, 5.74) is 1.36. The molecule has 2 aromatic rings. The molecule has 1 heterocycles. The SMILES string of the molecule is O=C(NCC1CCCCC1)c1nc[nH]c1C(=O)NCc1ccccc1. The molecule has 1 aliphatic carbocycles. The van der Waals surface area contributed by atoms with Crippen LogP contribution >= 0.6 is 0 Å². The molecule has 2 amide bonds. The zero-order chi connectivity index (χ0) is 17.5. The Bertz CT molecular complexity index is 705. The maximum Gasteiger partial charge on any atom is 0.272 e. The molecule has 1 aromatic heterocycles. The highest BCUT2D eigenvalue weighted by molar-refractivity contribution is 6.04. The molecule has 1 aliphatic rings. The van der Waals surface area contributed by atoms with Crippen LogP contribution in [0.15, 0.2) is 36.7 Å². The van der Waals surface area contributed by atoms with Crippen molar-refractivity contribution in [3.63, 3.8) is 0 Å². The topological polar surface area (TPSA) is 86.9 Å². The predicted octanol–water partition coefficient (Wildman–Crippen LogP) is 2.65. The van der Waals surface area contributed by atoms with Gasteiger partial charge >= 0.3 is 0 Å². The lowest BCUT2D eigenvalue weighted by molar-refractivity contribution is 0.0907. The lowest BCUT2D eigenvalue weighted by Crippen LogP contribution is -2.33. The molecule has 0 aliphatic heterocycles. The van der Waals surface area contributed by atoms with Crippen LogP contribution in [0.25, 0.3) is 0 Å². The summed E-state index contributed by atoms with van der Waals surface area (Å²) in [7, 11) is 0. The summed E-state index contributed by atoms with van der Waals surface area (Å²) in [4.78, 5) is 31.5. The number of aromatic nitrogens is 2. The standard InChI is InChI=1S/C19H24N4O2/c24-18(20-11-14-7-3-1-4-8-14)16-17(23-13-22-16)19(25)21-12-15-9-5-2-6-10-15/h1,3-4,7-8,13,15H,2,5-6,9-12H2,(H,20,24)(H,21,25)(H,22,23). The molecular weight excluding hydrogens is 316 g/mol. The van der Waals surface area contributed by atoms with E-state index in [1.54, 1.807) is 0 Å². The van der Waals surface area contributed by atoms with Gasteiger partial charge < -0.3 is 15.6 Å². The van der Waals surface area contributed by atoms with Gasteiger partial charge in [0, 0.05) is 13.1 Å². The number of rotatable bonds is 6. The summed E-state index contributed by atoms with van der Waals surface area (Å²) in [6, 6.07) is 9.63. The number of aromatic amines is 1. The number of carbonyl (C=O) groups is 2. The quantitative estimate of drug-likeness (QED) is 0.755. The van der Waals surface area contributed by atoms with Gasteiger partial charge in [-0.15, -0.1) is 0 Å². The van der Waals surface area contributed by atoms with Crippen LogP contribution in [0.1, 0.15) is 58.6 Å². The minimum atomic E-state index is -0.329. The van der Waals surface area contributed by atoms with E-state index in [9.17, 15) is 9.59 Å². The minimum absolute atomic E-state index is 0.154. The number of imidazole rings is 1. The van der Waals surface area contributed by atoms with Crippen molar-refractivity contribution in [3.05, 3.63) is 53.6 Å². The Labute approximate surface area is 147 Å². The predicted molar refractivity (Wildman–Crippen MR) is 95.1 cm³/mol. The normalized spacial score (nSPS) is 14.9. The molecule has 6 nitrogen and oxygen atoms in total. The second-order valence-corrected chi connectivity index (χ2v) is 6.51. The van der Waals surface area contributed by atoms with Crippen molar-refractivity contribution in [2.24, 2.45) is 5.92 Å². The lowest BCUT2D eigenvalue weighted by Gasteiger charge is -2.21. The first kappa shape index (κ1) is 17.2.